The van der Waals surface area contributed by atoms with E-state index in [1.807, 2.05) is 11.8 Å². The molecule has 1 unspecified atom stereocenters. The summed E-state index contributed by atoms with van der Waals surface area (Å²) in [6.45, 7) is 1.98. The van der Waals surface area contributed by atoms with Crippen molar-refractivity contribution >= 4 is 17.7 Å². The molecule has 0 amide bonds. The number of hydrogen-bond donors (Lipinski definition) is 1. The van der Waals surface area contributed by atoms with Crippen molar-refractivity contribution < 1.29 is 14.6 Å². The second-order valence-electron chi connectivity index (χ2n) is 6.56. The summed E-state index contributed by atoms with van der Waals surface area (Å²) in [5.41, 5.74) is 0.0501. The fourth-order valence-corrected chi connectivity index (χ4v) is 4.79. The molecule has 0 aromatic heterocycles. The predicted molar refractivity (Wildman–Crippen MR) is 80.2 cm³/mol. The topological polar surface area (TPSA) is 49.8 Å². The highest BCUT2D eigenvalue weighted by molar-refractivity contribution is 7.99. The van der Waals surface area contributed by atoms with Gasteiger partial charge in [-0.3, -0.25) is 9.69 Å². The normalized spacial score (nSPS) is 29.8. The van der Waals surface area contributed by atoms with Crippen LogP contribution in [0.4, 0.5) is 0 Å². The molecule has 114 valence electrons. The number of rotatable bonds is 5. The Morgan fingerprint density at radius 3 is 2.70 bits per heavy atom. The van der Waals surface area contributed by atoms with Crippen LogP contribution in [0.1, 0.15) is 38.5 Å². The summed E-state index contributed by atoms with van der Waals surface area (Å²) in [5.74, 6) is 2.43. The summed E-state index contributed by atoms with van der Waals surface area (Å²) in [7, 11) is 0. The zero-order valence-corrected chi connectivity index (χ0v) is 12.9. The first-order valence-corrected chi connectivity index (χ1v) is 9.00. The third-order valence-corrected chi connectivity index (χ3v) is 5.90. The van der Waals surface area contributed by atoms with Crippen molar-refractivity contribution in [3.05, 3.63) is 0 Å². The number of carboxylic acids is 1. The maximum atomic E-state index is 11.1. The van der Waals surface area contributed by atoms with Gasteiger partial charge in [-0.1, -0.05) is 0 Å². The fourth-order valence-electron chi connectivity index (χ4n) is 3.55. The molecule has 1 aliphatic carbocycles. The van der Waals surface area contributed by atoms with Crippen LogP contribution < -0.4 is 0 Å². The lowest BCUT2D eigenvalue weighted by Crippen LogP contribution is -2.51. The van der Waals surface area contributed by atoms with E-state index in [4.69, 9.17) is 4.74 Å². The van der Waals surface area contributed by atoms with Crippen molar-refractivity contribution in [3.8, 4) is 0 Å². The van der Waals surface area contributed by atoms with Gasteiger partial charge in [0.05, 0.1) is 12.1 Å². The third-order valence-electron chi connectivity index (χ3n) is 4.92. The molecule has 20 heavy (non-hydrogen) atoms. The van der Waals surface area contributed by atoms with Crippen LogP contribution in [-0.2, 0) is 9.53 Å². The Labute approximate surface area is 125 Å². The van der Waals surface area contributed by atoms with E-state index in [9.17, 15) is 9.90 Å². The van der Waals surface area contributed by atoms with Gasteiger partial charge >= 0.3 is 5.97 Å². The molecule has 0 bridgehead atoms. The van der Waals surface area contributed by atoms with Crippen LogP contribution in [0.2, 0.25) is 0 Å². The Morgan fingerprint density at radius 1 is 1.30 bits per heavy atom. The molecule has 5 heteroatoms. The number of aliphatic carboxylic acids is 1. The Balaban J connectivity index is 1.64. The summed E-state index contributed by atoms with van der Waals surface area (Å²) in [5, 5.41) is 9.17. The summed E-state index contributed by atoms with van der Waals surface area (Å²) >= 11 is 2.02. The van der Waals surface area contributed by atoms with E-state index < -0.39 is 5.97 Å². The minimum atomic E-state index is -0.689. The Kier molecular flexibility index (Phi) is 4.58. The van der Waals surface area contributed by atoms with Crippen molar-refractivity contribution in [1.82, 2.24) is 4.90 Å². The van der Waals surface area contributed by atoms with E-state index >= 15 is 0 Å². The predicted octanol–water partition coefficient (Wildman–Crippen LogP) is 2.23. The van der Waals surface area contributed by atoms with Gasteiger partial charge in [0, 0.05) is 19.2 Å². The highest BCUT2D eigenvalue weighted by Gasteiger charge is 2.41. The maximum Gasteiger partial charge on any atom is 0.317 e. The van der Waals surface area contributed by atoms with Crippen LogP contribution in [0.25, 0.3) is 0 Å². The number of carboxylic acid groups (broad SMARTS) is 1. The first-order valence-electron chi connectivity index (χ1n) is 7.84. The Hall–Kier alpha value is -0.260. The van der Waals surface area contributed by atoms with Gasteiger partial charge in [0.1, 0.15) is 0 Å². The van der Waals surface area contributed by atoms with Crippen LogP contribution in [0, 0.1) is 5.92 Å². The highest BCUT2D eigenvalue weighted by atomic mass is 32.2. The molecule has 1 N–H and O–H groups in total. The lowest BCUT2D eigenvalue weighted by molar-refractivity contribution is -0.143. The van der Waals surface area contributed by atoms with Crippen molar-refractivity contribution in [1.29, 1.82) is 0 Å². The molecule has 0 aromatic rings. The Bertz CT molecular complexity index is 348. The van der Waals surface area contributed by atoms with Crippen LogP contribution >= 0.6 is 11.8 Å². The molecule has 2 heterocycles. The average molecular weight is 299 g/mol. The lowest BCUT2D eigenvalue weighted by Gasteiger charge is -2.46. The van der Waals surface area contributed by atoms with Gasteiger partial charge in [-0.05, 0) is 55.9 Å². The molecular formula is C15H25NO3S. The molecule has 2 saturated heterocycles. The maximum absolute atomic E-state index is 11.1. The van der Waals surface area contributed by atoms with Gasteiger partial charge in [0.2, 0.25) is 0 Å². The monoisotopic (exact) mass is 299 g/mol. The zero-order valence-electron chi connectivity index (χ0n) is 12.1. The van der Waals surface area contributed by atoms with Gasteiger partial charge in [0.25, 0.3) is 0 Å². The van der Waals surface area contributed by atoms with E-state index in [1.54, 1.807) is 0 Å². The van der Waals surface area contributed by atoms with Crippen LogP contribution in [0.3, 0.4) is 0 Å². The van der Waals surface area contributed by atoms with E-state index in [0.29, 0.717) is 6.04 Å². The molecule has 0 aromatic carbocycles. The van der Waals surface area contributed by atoms with Gasteiger partial charge in [-0.25, -0.2) is 0 Å². The SMILES string of the molecule is O=C(O)CN(CC1CC1)C1CCOC2(CCSCC2)C1. The smallest absolute Gasteiger partial charge is 0.317 e. The molecule has 3 fully saturated rings. The summed E-state index contributed by atoms with van der Waals surface area (Å²) in [6, 6.07) is 0.406. The molecule has 3 rings (SSSR count). The molecule has 2 aliphatic heterocycles. The van der Waals surface area contributed by atoms with E-state index in [-0.39, 0.29) is 12.1 Å². The molecule has 0 radical (unpaired) electrons. The third kappa shape index (κ3) is 3.68. The second kappa shape index (κ2) is 6.24. The molecule has 1 spiro atoms. The Morgan fingerprint density at radius 2 is 2.05 bits per heavy atom. The highest BCUT2D eigenvalue weighted by Crippen LogP contribution is 2.40. The quantitative estimate of drug-likeness (QED) is 0.843. The molecule has 1 atom stereocenters. The van der Waals surface area contributed by atoms with E-state index in [1.165, 1.54) is 24.3 Å². The molecular weight excluding hydrogens is 274 g/mol. The van der Waals surface area contributed by atoms with Gasteiger partial charge in [-0.2, -0.15) is 11.8 Å². The standard InChI is InChI=1S/C15H25NO3S/c17-14(18)11-16(10-12-1-2-12)13-3-6-19-15(9-13)4-7-20-8-5-15/h12-13H,1-11H2,(H,17,18). The largest absolute Gasteiger partial charge is 0.480 e. The van der Waals surface area contributed by atoms with Crippen molar-refractivity contribution in [2.75, 3.05) is 31.2 Å². The van der Waals surface area contributed by atoms with E-state index in [0.717, 1.165) is 44.8 Å². The molecule has 3 aliphatic rings. The van der Waals surface area contributed by atoms with Crippen molar-refractivity contribution in [3.63, 3.8) is 0 Å². The first kappa shape index (κ1) is 14.7. The zero-order chi connectivity index (χ0) is 14.0. The molecule has 4 nitrogen and oxygen atoms in total. The number of carbonyl (C=O) groups is 1. The van der Waals surface area contributed by atoms with E-state index in [2.05, 4.69) is 4.90 Å². The minimum Gasteiger partial charge on any atom is -0.480 e. The average Bonchev–Trinajstić information content (AvgIpc) is 3.22. The first-order chi connectivity index (χ1) is 9.67. The fraction of sp³-hybridized carbons (Fsp3) is 0.933. The van der Waals surface area contributed by atoms with Gasteiger partial charge in [-0.15, -0.1) is 0 Å². The van der Waals surface area contributed by atoms with Crippen molar-refractivity contribution in [2.24, 2.45) is 5.92 Å². The van der Waals surface area contributed by atoms with Crippen LogP contribution in [0.15, 0.2) is 0 Å². The number of nitrogens with zero attached hydrogens (tertiary/aromatic N) is 1. The second-order valence-corrected chi connectivity index (χ2v) is 7.78. The number of ether oxygens (including phenoxy) is 1. The van der Waals surface area contributed by atoms with Crippen LogP contribution in [-0.4, -0.2) is 58.8 Å². The van der Waals surface area contributed by atoms with Gasteiger partial charge in [0.15, 0.2) is 0 Å². The number of hydrogen-bond acceptors (Lipinski definition) is 4. The summed E-state index contributed by atoms with van der Waals surface area (Å²) in [6.07, 6.45) is 6.86. The minimum absolute atomic E-state index is 0.0501. The number of thioether (sulfide) groups is 1. The lowest BCUT2D eigenvalue weighted by atomic mass is 9.84. The van der Waals surface area contributed by atoms with Crippen molar-refractivity contribution in [2.45, 2.75) is 50.2 Å². The van der Waals surface area contributed by atoms with Crippen LogP contribution in [0.5, 0.6) is 0 Å². The van der Waals surface area contributed by atoms with Gasteiger partial charge < -0.3 is 9.84 Å². The summed E-state index contributed by atoms with van der Waals surface area (Å²) < 4.78 is 6.12. The molecule has 1 saturated carbocycles. The summed E-state index contributed by atoms with van der Waals surface area (Å²) in [4.78, 5) is 13.4.